The van der Waals surface area contributed by atoms with Crippen LogP contribution in [0.3, 0.4) is 0 Å². The standard InChI is InChI=1S/C43H75NO16/c1-15-29-43(11,52)36(48)24(5)33(47)22(3)20-41(9,51)38(25(6)34(26(7)39(50)57-29)59-32-21-42(10,53-14)37(49)27(8)56-32)60-40-35(28(44(12)13)19-23(4)55-40)58-31(46)18-17-30(45)54-16-2/h22-29,32,34-38,40,48-49,51-52H,15-21H2,1-14H3/t22-,23-,24+,25+,26-,27+,28+,29-,32+,34+,35-,36-,37+,38?,40?,41-,42-,43-/m1/s1. The molecule has 2 unspecified atom stereocenters. The molecule has 0 aromatic heterocycles. The first kappa shape index (κ1) is 52.0. The lowest BCUT2D eigenvalue weighted by molar-refractivity contribution is -0.319. The van der Waals surface area contributed by atoms with Crippen molar-refractivity contribution in [3.05, 3.63) is 0 Å². The summed E-state index contributed by atoms with van der Waals surface area (Å²) in [6.45, 7) is 17.9. The average molecular weight is 862 g/mol. The Morgan fingerprint density at radius 2 is 1.47 bits per heavy atom. The van der Waals surface area contributed by atoms with E-state index in [2.05, 4.69) is 0 Å². The molecule has 3 fully saturated rings. The molecular weight excluding hydrogens is 786 g/mol. The van der Waals surface area contributed by atoms with E-state index < -0.39 is 132 Å². The molecule has 0 aromatic carbocycles. The number of ketones is 1. The second-order valence-electron chi connectivity index (χ2n) is 18.2. The van der Waals surface area contributed by atoms with Crippen LogP contribution in [0.5, 0.6) is 0 Å². The first-order valence-corrected chi connectivity index (χ1v) is 21.5. The highest BCUT2D eigenvalue weighted by atomic mass is 16.7. The Morgan fingerprint density at radius 3 is 2.03 bits per heavy atom. The number of ether oxygens (including phenoxy) is 8. The maximum absolute atomic E-state index is 14.3. The van der Waals surface area contributed by atoms with E-state index in [0.717, 1.165) is 0 Å². The van der Waals surface area contributed by atoms with E-state index in [4.69, 9.17) is 37.9 Å². The number of nitrogens with zero attached hydrogens (tertiary/aromatic N) is 1. The van der Waals surface area contributed by atoms with Crippen LogP contribution in [0.4, 0.5) is 0 Å². The van der Waals surface area contributed by atoms with Gasteiger partial charge in [0, 0.05) is 31.3 Å². The quantitative estimate of drug-likeness (QED) is 0.163. The predicted molar refractivity (Wildman–Crippen MR) is 216 cm³/mol. The summed E-state index contributed by atoms with van der Waals surface area (Å²) in [5.74, 6) is -6.64. The van der Waals surface area contributed by atoms with Crippen molar-refractivity contribution in [2.24, 2.45) is 23.7 Å². The number of rotatable bonds is 12. The lowest BCUT2D eigenvalue weighted by Crippen LogP contribution is -2.61. The van der Waals surface area contributed by atoms with Gasteiger partial charge in [0.25, 0.3) is 0 Å². The van der Waals surface area contributed by atoms with Gasteiger partial charge in [-0.05, 0) is 81.8 Å². The number of Topliss-reactive ketones (excluding diaryl/α,β-unsaturated/α-hetero) is 1. The Bertz CT molecular complexity index is 1440. The van der Waals surface area contributed by atoms with Crippen LogP contribution >= 0.6 is 0 Å². The first-order chi connectivity index (χ1) is 27.8. The number of methoxy groups -OCH3 is 1. The van der Waals surface area contributed by atoms with Gasteiger partial charge in [-0.2, -0.15) is 0 Å². The van der Waals surface area contributed by atoms with E-state index in [-0.39, 0.29) is 38.7 Å². The number of likely N-dealkylation sites (N-methyl/N-ethyl adjacent to an activating group) is 1. The molecule has 3 rings (SSSR count). The van der Waals surface area contributed by atoms with Crippen molar-refractivity contribution in [2.45, 2.75) is 199 Å². The van der Waals surface area contributed by atoms with Gasteiger partial charge in [-0.3, -0.25) is 19.2 Å². The number of esters is 3. The maximum Gasteiger partial charge on any atom is 0.311 e. The third kappa shape index (κ3) is 12.2. The highest BCUT2D eigenvalue weighted by molar-refractivity contribution is 5.83. The molecule has 17 nitrogen and oxygen atoms in total. The molecule has 17 heteroatoms. The van der Waals surface area contributed by atoms with Crippen LogP contribution in [0.25, 0.3) is 0 Å². The third-order valence-electron chi connectivity index (χ3n) is 12.9. The second kappa shape index (κ2) is 21.4. The summed E-state index contributed by atoms with van der Waals surface area (Å²) in [6, 6.07) is -0.443. The zero-order chi connectivity index (χ0) is 45.7. The number of aliphatic hydroxyl groups is 4. The average Bonchev–Trinajstić information content (AvgIpc) is 3.17. The molecule has 3 saturated heterocycles. The molecule has 0 saturated carbocycles. The van der Waals surface area contributed by atoms with Crippen molar-refractivity contribution in [3.8, 4) is 0 Å². The van der Waals surface area contributed by atoms with Crippen LogP contribution < -0.4 is 0 Å². The number of cyclic esters (lactones) is 1. The summed E-state index contributed by atoms with van der Waals surface area (Å²) in [5.41, 5.74) is -5.06. The van der Waals surface area contributed by atoms with Gasteiger partial charge in [0.1, 0.15) is 23.6 Å². The molecule has 0 bridgehead atoms. The van der Waals surface area contributed by atoms with Gasteiger partial charge in [0.15, 0.2) is 18.7 Å². The van der Waals surface area contributed by atoms with Crippen molar-refractivity contribution < 1.29 is 77.5 Å². The second-order valence-corrected chi connectivity index (χ2v) is 18.2. The van der Waals surface area contributed by atoms with Gasteiger partial charge in [-0.15, -0.1) is 0 Å². The molecule has 4 N–H and O–H groups in total. The van der Waals surface area contributed by atoms with Gasteiger partial charge in [0.05, 0.1) is 73.1 Å². The molecule has 3 heterocycles. The SMILES string of the molecule is CCOC(=O)CCC(=O)O[C@H]1C(OC2[C@@H](C)[C@H](O[C@H]3C[C@@](C)(OC)[C@@H](O)[C@H](C)O3)[C@@H](C)C(=O)O[C@H](CC)[C@@](C)(O)[C@H](O)[C@@H](C)C(=O)[C@H](C)C[C@@]2(C)O)O[C@H](C)C[C@@H]1N(C)C. The van der Waals surface area contributed by atoms with E-state index >= 15 is 0 Å². The van der Waals surface area contributed by atoms with Crippen molar-refractivity contribution in [3.63, 3.8) is 0 Å². The van der Waals surface area contributed by atoms with Crippen LogP contribution in [0.1, 0.15) is 115 Å². The zero-order valence-corrected chi connectivity index (χ0v) is 38.2. The summed E-state index contributed by atoms with van der Waals surface area (Å²) >= 11 is 0. The Labute approximate surface area is 356 Å². The zero-order valence-electron chi connectivity index (χ0n) is 38.2. The van der Waals surface area contributed by atoms with E-state index in [0.29, 0.717) is 6.42 Å². The molecule has 3 aliphatic heterocycles. The van der Waals surface area contributed by atoms with Gasteiger partial charge < -0.3 is 63.2 Å². The van der Waals surface area contributed by atoms with Crippen LogP contribution in [-0.2, 0) is 57.1 Å². The van der Waals surface area contributed by atoms with E-state index in [1.54, 1.807) is 48.5 Å². The van der Waals surface area contributed by atoms with Crippen LogP contribution in [0.2, 0.25) is 0 Å². The fourth-order valence-electron chi connectivity index (χ4n) is 9.17. The Hall–Kier alpha value is -2.32. The van der Waals surface area contributed by atoms with Crippen molar-refractivity contribution in [2.75, 3.05) is 27.8 Å². The smallest absolute Gasteiger partial charge is 0.311 e. The summed E-state index contributed by atoms with van der Waals surface area (Å²) in [6.07, 6.45) is -11.1. The molecule has 18 atom stereocenters. The number of hydrogen-bond acceptors (Lipinski definition) is 17. The Kier molecular flexibility index (Phi) is 18.5. The van der Waals surface area contributed by atoms with E-state index in [1.165, 1.54) is 27.9 Å². The topological polar surface area (TPSA) is 226 Å². The van der Waals surface area contributed by atoms with E-state index in [9.17, 15) is 39.6 Å². The Balaban J connectivity index is 2.22. The number of carbonyl (C=O) groups excluding carboxylic acids is 4. The number of carbonyl (C=O) groups is 4. The lowest BCUT2D eigenvalue weighted by atomic mass is 9.74. The van der Waals surface area contributed by atoms with Crippen LogP contribution in [0.15, 0.2) is 0 Å². The van der Waals surface area contributed by atoms with Gasteiger partial charge in [-0.25, -0.2) is 0 Å². The summed E-state index contributed by atoms with van der Waals surface area (Å²) in [5, 5.41) is 46.8. The lowest BCUT2D eigenvalue weighted by Gasteiger charge is -2.49. The molecule has 0 radical (unpaired) electrons. The minimum atomic E-state index is -2.04. The van der Waals surface area contributed by atoms with Crippen LogP contribution in [-0.4, -0.2) is 161 Å². The molecule has 0 spiro atoms. The first-order valence-electron chi connectivity index (χ1n) is 21.5. The molecule has 0 aliphatic carbocycles. The molecule has 3 aliphatic rings. The van der Waals surface area contributed by atoms with Crippen molar-refractivity contribution >= 4 is 23.7 Å². The summed E-state index contributed by atoms with van der Waals surface area (Å²) < 4.78 is 48.8. The summed E-state index contributed by atoms with van der Waals surface area (Å²) in [7, 11) is 5.09. The van der Waals surface area contributed by atoms with Crippen molar-refractivity contribution in [1.29, 1.82) is 0 Å². The van der Waals surface area contributed by atoms with Gasteiger partial charge in [-0.1, -0.05) is 27.7 Å². The van der Waals surface area contributed by atoms with Crippen molar-refractivity contribution in [1.82, 2.24) is 4.90 Å². The highest BCUT2D eigenvalue weighted by Crippen LogP contribution is 2.41. The molecule has 0 aromatic rings. The third-order valence-corrected chi connectivity index (χ3v) is 12.9. The minimum Gasteiger partial charge on any atom is -0.466 e. The Morgan fingerprint density at radius 1 is 0.850 bits per heavy atom. The molecule has 60 heavy (non-hydrogen) atoms. The number of hydrogen-bond donors (Lipinski definition) is 4. The largest absolute Gasteiger partial charge is 0.466 e. The minimum absolute atomic E-state index is 0.0431. The van der Waals surface area contributed by atoms with Gasteiger partial charge >= 0.3 is 17.9 Å². The molecular formula is C43H75NO16. The molecule has 0 amide bonds. The summed E-state index contributed by atoms with van der Waals surface area (Å²) in [4.78, 5) is 55.6. The monoisotopic (exact) mass is 862 g/mol. The number of aliphatic hydroxyl groups excluding tert-OH is 2. The van der Waals surface area contributed by atoms with Crippen LogP contribution in [0, 0.1) is 23.7 Å². The van der Waals surface area contributed by atoms with Gasteiger partial charge in [0.2, 0.25) is 0 Å². The fraction of sp³-hybridized carbons (Fsp3) is 0.907. The highest BCUT2D eigenvalue weighted by Gasteiger charge is 2.54. The molecule has 348 valence electrons. The maximum atomic E-state index is 14.3. The fourth-order valence-corrected chi connectivity index (χ4v) is 9.17. The van der Waals surface area contributed by atoms with E-state index in [1.807, 2.05) is 25.9 Å². The normalized spacial score (nSPS) is 43.8. The predicted octanol–water partition coefficient (Wildman–Crippen LogP) is 2.68.